The molecule has 0 aliphatic carbocycles. The maximum atomic E-state index is 11.8. The van der Waals surface area contributed by atoms with Crippen LogP contribution in [0.1, 0.15) is 19.4 Å². The monoisotopic (exact) mass is 274 g/mol. The lowest BCUT2D eigenvalue weighted by molar-refractivity contribution is -0.132. The van der Waals surface area contributed by atoms with Gasteiger partial charge < -0.3 is 10.6 Å². The van der Waals surface area contributed by atoms with Gasteiger partial charge in [0.05, 0.1) is 6.04 Å². The maximum Gasteiger partial charge on any atom is 0.239 e. The highest BCUT2D eigenvalue weighted by Gasteiger charge is 2.18. The zero-order valence-electron chi connectivity index (χ0n) is 9.91. The summed E-state index contributed by atoms with van der Waals surface area (Å²) in [5, 5.41) is 1.13. The number of nitrogens with two attached hydrogens (primary N) is 1. The number of hydrogen-bond acceptors (Lipinski definition) is 2. The van der Waals surface area contributed by atoms with Gasteiger partial charge >= 0.3 is 0 Å². The fourth-order valence-corrected chi connectivity index (χ4v) is 2.02. The van der Waals surface area contributed by atoms with Crippen molar-refractivity contribution in [3.63, 3.8) is 0 Å². The summed E-state index contributed by atoms with van der Waals surface area (Å²) < 4.78 is 0. The third-order valence-corrected chi connectivity index (χ3v) is 3.20. The average Bonchev–Trinajstić information content (AvgIpc) is 2.28. The van der Waals surface area contributed by atoms with Crippen molar-refractivity contribution in [1.82, 2.24) is 4.90 Å². The molecule has 94 valence electrons. The first-order valence-corrected chi connectivity index (χ1v) is 6.20. The van der Waals surface area contributed by atoms with Gasteiger partial charge in [0.15, 0.2) is 0 Å². The summed E-state index contributed by atoms with van der Waals surface area (Å²) in [6, 6.07) is 4.77. The van der Waals surface area contributed by atoms with Crippen molar-refractivity contribution in [3.05, 3.63) is 33.8 Å². The van der Waals surface area contributed by atoms with Gasteiger partial charge in [0.25, 0.3) is 0 Å². The van der Waals surface area contributed by atoms with Gasteiger partial charge in [-0.25, -0.2) is 0 Å². The quantitative estimate of drug-likeness (QED) is 0.918. The first-order chi connectivity index (χ1) is 7.97. The van der Waals surface area contributed by atoms with Crippen molar-refractivity contribution in [1.29, 1.82) is 0 Å². The van der Waals surface area contributed by atoms with E-state index in [1.807, 2.05) is 6.92 Å². The van der Waals surface area contributed by atoms with Gasteiger partial charge in [0.1, 0.15) is 0 Å². The van der Waals surface area contributed by atoms with E-state index in [1.54, 1.807) is 30.0 Å². The zero-order chi connectivity index (χ0) is 13.0. The first kappa shape index (κ1) is 14.3. The summed E-state index contributed by atoms with van der Waals surface area (Å²) in [6.45, 7) is 4.52. The number of benzene rings is 1. The summed E-state index contributed by atoms with van der Waals surface area (Å²) >= 11 is 12.1. The molecule has 0 aromatic heterocycles. The number of nitrogens with zero attached hydrogens (tertiary/aromatic N) is 1. The third kappa shape index (κ3) is 3.60. The van der Waals surface area contributed by atoms with Crippen LogP contribution < -0.4 is 5.73 Å². The topological polar surface area (TPSA) is 46.3 Å². The van der Waals surface area contributed by atoms with Crippen LogP contribution in [0, 0.1) is 0 Å². The van der Waals surface area contributed by atoms with Crippen molar-refractivity contribution in [2.24, 2.45) is 5.73 Å². The molecule has 0 bridgehead atoms. The summed E-state index contributed by atoms with van der Waals surface area (Å²) in [5.41, 5.74) is 6.34. The molecule has 0 heterocycles. The average molecular weight is 275 g/mol. The van der Waals surface area contributed by atoms with Crippen LogP contribution in [-0.4, -0.2) is 23.4 Å². The summed E-state index contributed by atoms with van der Waals surface area (Å²) in [5.74, 6) is -0.108. The smallest absolute Gasteiger partial charge is 0.239 e. The van der Waals surface area contributed by atoms with Gasteiger partial charge in [-0.05, 0) is 26.0 Å². The SMILES string of the molecule is CCN(Cc1c(Cl)cccc1Cl)C(=O)[C@H](C)N. The van der Waals surface area contributed by atoms with Gasteiger partial charge in [0.2, 0.25) is 5.91 Å². The van der Waals surface area contributed by atoms with Gasteiger partial charge in [0, 0.05) is 28.7 Å². The molecule has 0 aliphatic rings. The Morgan fingerprint density at radius 3 is 2.35 bits per heavy atom. The Balaban J connectivity index is 2.92. The molecule has 1 aromatic rings. The van der Waals surface area contributed by atoms with Crippen molar-refractivity contribution < 1.29 is 4.79 Å². The Labute approximate surface area is 111 Å². The van der Waals surface area contributed by atoms with E-state index in [0.29, 0.717) is 23.1 Å². The van der Waals surface area contributed by atoms with E-state index >= 15 is 0 Å². The molecular formula is C12H16Cl2N2O. The second kappa shape index (κ2) is 6.24. The normalized spacial score (nSPS) is 12.3. The molecule has 0 saturated heterocycles. The predicted octanol–water partition coefficient (Wildman–Crippen LogP) is 2.69. The van der Waals surface area contributed by atoms with E-state index in [-0.39, 0.29) is 5.91 Å². The van der Waals surface area contributed by atoms with Crippen LogP contribution in [0.4, 0.5) is 0 Å². The summed E-state index contributed by atoms with van der Waals surface area (Å²) in [7, 11) is 0. The minimum Gasteiger partial charge on any atom is -0.337 e. The van der Waals surface area contributed by atoms with Gasteiger partial charge in [-0.1, -0.05) is 29.3 Å². The van der Waals surface area contributed by atoms with E-state index in [0.717, 1.165) is 5.56 Å². The fraction of sp³-hybridized carbons (Fsp3) is 0.417. The van der Waals surface area contributed by atoms with Crippen molar-refractivity contribution in [2.45, 2.75) is 26.4 Å². The Hall–Kier alpha value is -0.770. The van der Waals surface area contributed by atoms with E-state index in [4.69, 9.17) is 28.9 Å². The molecule has 0 aliphatic heterocycles. The molecule has 5 heteroatoms. The van der Waals surface area contributed by atoms with E-state index in [1.165, 1.54) is 0 Å². The van der Waals surface area contributed by atoms with Gasteiger partial charge in [-0.3, -0.25) is 4.79 Å². The number of likely N-dealkylation sites (N-methyl/N-ethyl adjacent to an activating group) is 1. The van der Waals surface area contributed by atoms with E-state index in [9.17, 15) is 4.79 Å². The number of amides is 1. The van der Waals surface area contributed by atoms with Gasteiger partial charge in [-0.15, -0.1) is 0 Å². The highest BCUT2D eigenvalue weighted by Crippen LogP contribution is 2.25. The molecule has 0 unspecified atom stereocenters. The standard InChI is InChI=1S/C12H16Cl2N2O/c1-3-16(12(17)8(2)15)7-9-10(13)5-4-6-11(9)14/h4-6,8H,3,7,15H2,1-2H3/t8-/m0/s1. The van der Waals surface area contributed by atoms with Crippen LogP contribution in [0.25, 0.3) is 0 Å². The number of carbonyl (C=O) groups is 1. The fourth-order valence-electron chi connectivity index (χ4n) is 1.51. The van der Waals surface area contributed by atoms with Crippen molar-refractivity contribution in [2.75, 3.05) is 6.54 Å². The second-order valence-electron chi connectivity index (χ2n) is 3.84. The van der Waals surface area contributed by atoms with Crippen LogP contribution in [0.2, 0.25) is 10.0 Å². The van der Waals surface area contributed by atoms with Crippen molar-refractivity contribution in [3.8, 4) is 0 Å². The molecule has 0 spiro atoms. The molecule has 0 fully saturated rings. The molecule has 17 heavy (non-hydrogen) atoms. The number of hydrogen-bond donors (Lipinski definition) is 1. The lowest BCUT2D eigenvalue weighted by Crippen LogP contribution is -2.41. The largest absolute Gasteiger partial charge is 0.337 e. The predicted molar refractivity (Wildman–Crippen MR) is 71.2 cm³/mol. The van der Waals surface area contributed by atoms with Crippen LogP contribution in [0.15, 0.2) is 18.2 Å². The Morgan fingerprint density at radius 1 is 1.41 bits per heavy atom. The summed E-state index contributed by atoms with van der Waals surface area (Å²) in [6.07, 6.45) is 0. The molecular weight excluding hydrogens is 259 g/mol. The Morgan fingerprint density at radius 2 is 1.94 bits per heavy atom. The van der Waals surface area contributed by atoms with Crippen LogP contribution in [-0.2, 0) is 11.3 Å². The lowest BCUT2D eigenvalue weighted by Gasteiger charge is -2.23. The lowest BCUT2D eigenvalue weighted by atomic mass is 10.2. The molecule has 0 radical (unpaired) electrons. The molecule has 1 amide bonds. The first-order valence-electron chi connectivity index (χ1n) is 5.44. The molecule has 3 nitrogen and oxygen atoms in total. The van der Waals surface area contributed by atoms with Gasteiger partial charge in [-0.2, -0.15) is 0 Å². The minimum atomic E-state index is -0.517. The van der Waals surface area contributed by atoms with E-state index in [2.05, 4.69) is 0 Å². The zero-order valence-corrected chi connectivity index (χ0v) is 11.4. The maximum absolute atomic E-state index is 11.8. The molecule has 2 N–H and O–H groups in total. The molecule has 0 saturated carbocycles. The highest BCUT2D eigenvalue weighted by atomic mass is 35.5. The van der Waals surface area contributed by atoms with Crippen LogP contribution in [0.5, 0.6) is 0 Å². The van der Waals surface area contributed by atoms with E-state index < -0.39 is 6.04 Å². The summed E-state index contributed by atoms with van der Waals surface area (Å²) in [4.78, 5) is 13.5. The molecule has 1 atom stereocenters. The number of carbonyl (C=O) groups excluding carboxylic acids is 1. The van der Waals surface area contributed by atoms with Crippen LogP contribution >= 0.6 is 23.2 Å². The Kier molecular flexibility index (Phi) is 5.25. The Bertz CT molecular complexity index is 387. The third-order valence-electron chi connectivity index (χ3n) is 2.49. The number of rotatable bonds is 4. The second-order valence-corrected chi connectivity index (χ2v) is 4.66. The number of halogens is 2. The highest BCUT2D eigenvalue weighted by molar-refractivity contribution is 6.36. The molecule has 1 rings (SSSR count). The molecule has 1 aromatic carbocycles. The van der Waals surface area contributed by atoms with Crippen molar-refractivity contribution >= 4 is 29.1 Å². The minimum absolute atomic E-state index is 0.108. The van der Waals surface area contributed by atoms with Crippen LogP contribution in [0.3, 0.4) is 0 Å².